The monoisotopic (exact) mass is 755 g/mol. The van der Waals surface area contributed by atoms with Crippen LogP contribution in [-0.2, 0) is 28.7 Å². The summed E-state index contributed by atoms with van der Waals surface area (Å²) in [6.07, 6.45) is 2.68. The fourth-order valence-electron chi connectivity index (χ4n) is 7.68. The lowest BCUT2D eigenvalue weighted by Crippen LogP contribution is -2.57. The predicted molar refractivity (Wildman–Crippen MR) is 190 cm³/mol. The molecular formula is C37H43BrClN3O7. The van der Waals surface area contributed by atoms with Crippen LogP contribution in [0.15, 0.2) is 73.8 Å². The number of hydrogen-bond acceptors (Lipinski definition) is 7. The molecule has 262 valence electrons. The number of benzene rings is 2. The van der Waals surface area contributed by atoms with E-state index < -0.39 is 66.1 Å². The maximum atomic E-state index is 14.7. The van der Waals surface area contributed by atoms with E-state index in [4.69, 9.17) is 21.1 Å². The van der Waals surface area contributed by atoms with Crippen molar-refractivity contribution in [2.24, 2.45) is 11.8 Å². The van der Waals surface area contributed by atoms with Crippen LogP contribution in [-0.4, -0.2) is 94.0 Å². The summed E-state index contributed by atoms with van der Waals surface area (Å²) >= 11 is 10.3. The molecule has 0 aliphatic carbocycles. The molecule has 3 saturated heterocycles. The lowest BCUT2D eigenvalue weighted by molar-refractivity contribution is -0.164. The molecule has 3 aliphatic rings. The molecule has 49 heavy (non-hydrogen) atoms. The van der Waals surface area contributed by atoms with Gasteiger partial charge in [-0.1, -0.05) is 82.1 Å². The summed E-state index contributed by atoms with van der Waals surface area (Å²) in [4.78, 5) is 60.5. The van der Waals surface area contributed by atoms with E-state index in [2.05, 4.69) is 29.1 Å². The number of likely N-dealkylation sites (tertiary alicyclic amines) is 1. The number of amides is 3. The third-order valence-electron chi connectivity index (χ3n) is 10.0. The van der Waals surface area contributed by atoms with Gasteiger partial charge in [0, 0.05) is 31.4 Å². The summed E-state index contributed by atoms with van der Waals surface area (Å²) in [5, 5.41) is 10.4. The molecule has 10 nitrogen and oxygen atoms in total. The van der Waals surface area contributed by atoms with E-state index in [-0.39, 0.29) is 36.7 Å². The minimum absolute atomic E-state index is 0.101. The number of likely N-dealkylation sites (N-methyl/N-ethyl adjacent to an activating group) is 1. The molecular weight excluding hydrogens is 714 g/mol. The molecule has 3 fully saturated rings. The molecule has 5 rings (SSSR count). The number of β-amino-alcohol motifs (C(OH)–C–C–N with tert-alkyl or cyclic N) is 1. The fourth-order valence-corrected chi connectivity index (χ4v) is 8.95. The van der Waals surface area contributed by atoms with E-state index in [1.165, 1.54) is 9.80 Å². The van der Waals surface area contributed by atoms with Crippen molar-refractivity contribution in [2.75, 3.05) is 31.6 Å². The predicted octanol–water partition coefficient (Wildman–Crippen LogP) is 5.01. The van der Waals surface area contributed by atoms with Gasteiger partial charge in [-0.05, 0) is 43.9 Å². The zero-order chi connectivity index (χ0) is 35.6. The Hall–Kier alpha value is -3.51. The Labute approximate surface area is 300 Å². The first-order chi connectivity index (χ1) is 23.4. The van der Waals surface area contributed by atoms with Gasteiger partial charge in [-0.2, -0.15) is 0 Å². The zero-order valence-electron chi connectivity index (χ0n) is 28.0. The van der Waals surface area contributed by atoms with Crippen LogP contribution < -0.4 is 4.90 Å². The number of carbonyl (C=O) groups excluding carboxylic acids is 4. The minimum Gasteiger partial charge on any atom is -0.455 e. The van der Waals surface area contributed by atoms with Gasteiger partial charge in [-0.25, -0.2) is 0 Å². The van der Waals surface area contributed by atoms with Crippen LogP contribution in [0, 0.1) is 18.8 Å². The van der Waals surface area contributed by atoms with Crippen molar-refractivity contribution in [1.29, 1.82) is 0 Å². The molecule has 1 spiro atoms. The van der Waals surface area contributed by atoms with Gasteiger partial charge in [0.05, 0.1) is 41.3 Å². The number of fused-ring (bicyclic) bond motifs is 1. The minimum atomic E-state index is -1.38. The van der Waals surface area contributed by atoms with Crippen molar-refractivity contribution in [1.82, 2.24) is 9.80 Å². The first kappa shape index (κ1) is 36.8. The van der Waals surface area contributed by atoms with Gasteiger partial charge in [0.15, 0.2) is 0 Å². The molecule has 3 aliphatic heterocycles. The lowest BCUT2D eigenvalue weighted by Gasteiger charge is -2.37. The van der Waals surface area contributed by atoms with Crippen LogP contribution in [0.5, 0.6) is 0 Å². The lowest BCUT2D eigenvalue weighted by atomic mass is 9.70. The maximum absolute atomic E-state index is 14.7. The largest absolute Gasteiger partial charge is 0.455 e. The second-order valence-electron chi connectivity index (χ2n) is 12.9. The number of hydrogen-bond donors (Lipinski definition) is 1. The summed E-state index contributed by atoms with van der Waals surface area (Å²) in [7, 11) is 1.67. The number of anilines is 1. The van der Waals surface area contributed by atoms with Crippen molar-refractivity contribution in [2.45, 2.75) is 67.8 Å². The molecule has 3 heterocycles. The van der Waals surface area contributed by atoms with Crippen LogP contribution in [0.25, 0.3) is 0 Å². The van der Waals surface area contributed by atoms with E-state index in [1.807, 2.05) is 50.2 Å². The Kier molecular flexibility index (Phi) is 11.4. The third-order valence-corrected chi connectivity index (χ3v) is 11.2. The molecule has 12 heteroatoms. The quantitative estimate of drug-likeness (QED) is 0.164. The number of nitrogens with zero attached hydrogens (tertiary/aromatic N) is 3. The highest BCUT2D eigenvalue weighted by atomic mass is 79.9. The number of ether oxygens (including phenoxy) is 2. The Morgan fingerprint density at radius 3 is 2.53 bits per heavy atom. The van der Waals surface area contributed by atoms with Crippen LogP contribution in [0.1, 0.15) is 43.4 Å². The summed E-state index contributed by atoms with van der Waals surface area (Å²) in [6, 6.07) is 12.7. The molecule has 8 atom stereocenters. The van der Waals surface area contributed by atoms with E-state index in [9.17, 15) is 24.3 Å². The molecule has 0 saturated carbocycles. The zero-order valence-corrected chi connectivity index (χ0v) is 30.3. The number of esters is 1. The van der Waals surface area contributed by atoms with Gasteiger partial charge >= 0.3 is 5.97 Å². The van der Waals surface area contributed by atoms with Crippen molar-refractivity contribution in [3.63, 3.8) is 0 Å². The number of allylic oxidation sites excluding steroid dienone is 1. The first-order valence-electron chi connectivity index (χ1n) is 16.5. The average molecular weight is 757 g/mol. The number of para-hydroxylation sites is 1. The SMILES string of the molecule is C=CCCC(=O)N(C)[C@H](C)[C@H](OC(=O)[C@H]1[C@@H]2O[C@@]3(CC2Br)[C@@H]1C(=O)N(CCO)[C@@H]3C(=O)N(CC=C)c1c(C)cccc1Cl)c1ccccc1. The second kappa shape index (κ2) is 15.2. The highest BCUT2D eigenvalue weighted by Crippen LogP contribution is 2.60. The van der Waals surface area contributed by atoms with Gasteiger partial charge in [0.25, 0.3) is 5.91 Å². The average Bonchev–Trinajstić information content (AvgIpc) is 3.68. The Morgan fingerprint density at radius 1 is 1.18 bits per heavy atom. The summed E-state index contributed by atoms with van der Waals surface area (Å²) in [5.41, 5.74) is 0.533. The third kappa shape index (κ3) is 6.58. The summed E-state index contributed by atoms with van der Waals surface area (Å²) < 4.78 is 12.9. The molecule has 1 unspecified atom stereocenters. The standard InChI is InChI=1S/C37H43BrClN3O7/c1-6-8-17-27(44)40(5)23(4)31(24-14-10-9-11-15-24)48-36(47)28-29-34(45)42(19-20-43)33(37(29)21-25(38)32(28)49-37)35(46)41(18-7-2)30-22(3)13-12-16-26(30)39/h6-7,9-16,23,25,28-29,31-33,43H,1-2,8,17-21H2,3-5H3/t23-,25?,28-,29+,31+,32-,33-,37+/m1/s1. The van der Waals surface area contributed by atoms with E-state index in [0.29, 0.717) is 22.7 Å². The van der Waals surface area contributed by atoms with Gasteiger partial charge in [-0.3, -0.25) is 19.2 Å². The van der Waals surface area contributed by atoms with Gasteiger partial charge < -0.3 is 29.3 Å². The Bertz CT molecular complexity index is 1590. The van der Waals surface area contributed by atoms with Gasteiger partial charge in [0.2, 0.25) is 11.8 Å². The van der Waals surface area contributed by atoms with Crippen molar-refractivity contribution >= 4 is 56.9 Å². The molecule has 1 N–H and O–H groups in total. The highest BCUT2D eigenvalue weighted by molar-refractivity contribution is 9.09. The molecule has 2 aromatic rings. The molecule has 0 radical (unpaired) electrons. The first-order valence-corrected chi connectivity index (χ1v) is 17.7. The summed E-state index contributed by atoms with van der Waals surface area (Å²) in [5.74, 6) is -3.81. The smallest absolute Gasteiger partial charge is 0.313 e. The van der Waals surface area contributed by atoms with Gasteiger partial charge in [0.1, 0.15) is 17.7 Å². The van der Waals surface area contributed by atoms with Crippen LogP contribution >= 0.6 is 27.5 Å². The number of aliphatic hydroxyl groups is 1. The van der Waals surface area contributed by atoms with Crippen molar-refractivity contribution in [3.8, 4) is 0 Å². The molecule has 2 aromatic carbocycles. The second-order valence-corrected chi connectivity index (χ2v) is 14.5. The molecule has 3 amide bonds. The van der Waals surface area contributed by atoms with Gasteiger partial charge in [-0.15, -0.1) is 13.2 Å². The highest BCUT2D eigenvalue weighted by Gasteiger charge is 2.77. The van der Waals surface area contributed by atoms with Crippen molar-refractivity contribution < 1.29 is 33.8 Å². The molecule has 0 aromatic heterocycles. The van der Waals surface area contributed by atoms with E-state index >= 15 is 0 Å². The number of aryl methyl sites for hydroxylation is 1. The number of halogens is 2. The molecule has 2 bridgehead atoms. The van der Waals surface area contributed by atoms with E-state index in [1.54, 1.807) is 36.2 Å². The van der Waals surface area contributed by atoms with Crippen LogP contribution in [0.3, 0.4) is 0 Å². The van der Waals surface area contributed by atoms with Crippen molar-refractivity contribution in [3.05, 3.63) is 90.0 Å². The summed E-state index contributed by atoms with van der Waals surface area (Å²) in [6.45, 7) is 10.8. The fraction of sp³-hybridized carbons (Fsp3) is 0.459. The van der Waals surface area contributed by atoms with Crippen LogP contribution in [0.4, 0.5) is 5.69 Å². The number of aliphatic hydroxyl groups excluding tert-OH is 1. The van der Waals surface area contributed by atoms with E-state index in [0.717, 1.165) is 5.56 Å². The number of rotatable bonds is 14. The topological polar surface area (TPSA) is 117 Å². The Balaban J connectivity index is 1.52. The number of alkyl halides is 1. The maximum Gasteiger partial charge on any atom is 0.313 e. The van der Waals surface area contributed by atoms with Crippen LogP contribution in [0.2, 0.25) is 5.02 Å². The normalized spacial score (nSPS) is 26.5. The number of carbonyl (C=O) groups is 4. The Morgan fingerprint density at radius 2 is 1.90 bits per heavy atom.